The number of anilines is 1. The minimum Gasteiger partial charge on any atom is -0.497 e. The number of aliphatic hydroxyl groups is 2. The normalized spacial score (nSPS) is 13.0. The van der Waals surface area contributed by atoms with Crippen LogP contribution in [0.1, 0.15) is 24.8 Å². The van der Waals surface area contributed by atoms with Gasteiger partial charge in [0.25, 0.3) is 5.56 Å². The Labute approximate surface area is 166 Å². The van der Waals surface area contributed by atoms with E-state index in [9.17, 15) is 23.5 Å². The van der Waals surface area contributed by atoms with E-state index in [0.717, 1.165) is 21.6 Å². The molecule has 0 radical (unpaired) electrons. The number of hydrogen-bond donors (Lipinski definition) is 2. The number of nitrogens with zero attached hydrogens (tertiary/aromatic N) is 2. The number of carbonyl (C=O) groups is 1. The van der Waals surface area contributed by atoms with E-state index in [1.54, 1.807) is 6.92 Å². The molecule has 0 saturated carbocycles. The van der Waals surface area contributed by atoms with E-state index in [1.165, 1.54) is 25.4 Å². The molecule has 2 N–H and O–H groups in total. The van der Waals surface area contributed by atoms with E-state index in [-0.39, 0.29) is 30.1 Å². The average Bonchev–Trinajstić information content (AvgIpc) is 2.71. The zero-order chi connectivity index (χ0) is 21.6. The lowest BCUT2D eigenvalue weighted by molar-refractivity contribution is -0.107. The number of amides is 1. The summed E-state index contributed by atoms with van der Waals surface area (Å²) in [7, 11) is 1.30. The summed E-state index contributed by atoms with van der Waals surface area (Å²) in [6, 6.07) is 5.05. The van der Waals surface area contributed by atoms with Gasteiger partial charge < -0.3 is 24.4 Å². The first kappa shape index (κ1) is 22.5. The predicted octanol–water partition coefficient (Wildman–Crippen LogP) is 1.64. The van der Waals surface area contributed by atoms with Crippen LogP contribution in [-0.2, 0) is 11.3 Å². The quantitative estimate of drug-likeness (QED) is 0.581. The van der Waals surface area contributed by atoms with Crippen molar-refractivity contribution in [2.45, 2.75) is 31.9 Å². The van der Waals surface area contributed by atoms with Gasteiger partial charge in [0.05, 0.1) is 26.4 Å². The lowest BCUT2D eigenvalue weighted by Gasteiger charge is -2.25. The fraction of sp³-hybridized carbons (Fsp3) is 0.400. The zero-order valence-electron chi connectivity index (χ0n) is 16.2. The molecule has 0 fully saturated rings. The molecular weight excluding hydrogens is 386 g/mol. The highest BCUT2D eigenvalue weighted by atomic mass is 19.1. The summed E-state index contributed by atoms with van der Waals surface area (Å²) in [4.78, 5) is 25.4. The molecule has 7 nitrogen and oxygen atoms in total. The van der Waals surface area contributed by atoms with Crippen LogP contribution in [0, 0.1) is 11.6 Å². The van der Waals surface area contributed by atoms with E-state index in [1.807, 2.05) is 0 Å². The number of carbonyl (C=O) groups excluding carboxylic acids is 1. The van der Waals surface area contributed by atoms with Gasteiger partial charge in [0.2, 0.25) is 6.41 Å². The molecule has 1 heterocycles. The molecular formula is C20H24F2N2O5. The maximum Gasteiger partial charge on any atom is 0.274 e. The standard InChI is InChI=1S/C20H24F2N2O5/c1-3-13(19-16(21)7-15(29-2)8-17(19)22)9-24(12-26)18-5-4-6-23(20(18)28)10-14(27)11-25/h4-8,12-14,25,27H,3,9-11H2,1-2H3. The Balaban J connectivity index is 2.37. The van der Waals surface area contributed by atoms with Crippen LogP contribution >= 0.6 is 0 Å². The smallest absolute Gasteiger partial charge is 0.274 e. The Bertz CT molecular complexity index is 880. The number of aromatic nitrogens is 1. The van der Waals surface area contributed by atoms with Crippen LogP contribution < -0.4 is 15.2 Å². The highest BCUT2D eigenvalue weighted by Crippen LogP contribution is 2.30. The maximum absolute atomic E-state index is 14.5. The molecule has 0 aliphatic carbocycles. The molecule has 1 amide bonds. The third-order valence-electron chi connectivity index (χ3n) is 4.66. The van der Waals surface area contributed by atoms with Crippen molar-refractivity contribution in [2.75, 3.05) is 25.2 Å². The van der Waals surface area contributed by atoms with Crippen LogP contribution in [0.3, 0.4) is 0 Å². The van der Waals surface area contributed by atoms with Crippen molar-refractivity contribution < 1.29 is 28.5 Å². The number of benzene rings is 1. The van der Waals surface area contributed by atoms with Gasteiger partial charge >= 0.3 is 0 Å². The fourth-order valence-corrected chi connectivity index (χ4v) is 3.10. The topological polar surface area (TPSA) is 92.0 Å². The Morgan fingerprint density at radius 3 is 2.48 bits per heavy atom. The summed E-state index contributed by atoms with van der Waals surface area (Å²) in [5.74, 6) is -2.26. The van der Waals surface area contributed by atoms with Crippen molar-refractivity contribution >= 4 is 12.1 Å². The lowest BCUT2D eigenvalue weighted by Crippen LogP contribution is -2.36. The molecule has 2 aromatic rings. The van der Waals surface area contributed by atoms with Gasteiger partial charge in [0, 0.05) is 36.4 Å². The first-order valence-electron chi connectivity index (χ1n) is 9.09. The summed E-state index contributed by atoms with van der Waals surface area (Å²) < 4.78 is 35.0. The van der Waals surface area contributed by atoms with Gasteiger partial charge in [-0.1, -0.05) is 6.92 Å². The van der Waals surface area contributed by atoms with Crippen molar-refractivity contribution in [3.8, 4) is 5.75 Å². The Hall–Kier alpha value is -2.78. The molecule has 29 heavy (non-hydrogen) atoms. The third kappa shape index (κ3) is 5.18. The number of ether oxygens (including phenoxy) is 1. The third-order valence-corrected chi connectivity index (χ3v) is 4.66. The van der Waals surface area contributed by atoms with E-state index >= 15 is 0 Å². The Morgan fingerprint density at radius 1 is 1.31 bits per heavy atom. The molecule has 0 aliphatic heterocycles. The molecule has 0 spiro atoms. The number of aliphatic hydroxyl groups excluding tert-OH is 2. The summed E-state index contributed by atoms with van der Waals surface area (Å²) in [5, 5.41) is 18.5. The van der Waals surface area contributed by atoms with Crippen molar-refractivity contribution in [3.05, 3.63) is 58.0 Å². The van der Waals surface area contributed by atoms with Crippen molar-refractivity contribution in [3.63, 3.8) is 0 Å². The van der Waals surface area contributed by atoms with Gasteiger partial charge in [0.15, 0.2) is 0 Å². The van der Waals surface area contributed by atoms with Gasteiger partial charge in [-0.05, 0) is 18.6 Å². The monoisotopic (exact) mass is 410 g/mol. The van der Waals surface area contributed by atoms with Gasteiger partial charge in [-0.25, -0.2) is 8.78 Å². The second-order valence-electron chi connectivity index (χ2n) is 6.56. The van der Waals surface area contributed by atoms with Crippen molar-refractivity contribution in [1.29, 1.82) is 0 Å². The summed E-state index contributed by atoms with van der Waals surface area (Å²) in [6.07, 6.45) is 1.01. The van der Waals surface area contributed by atoms with Gasteiger partial charge in [0.1, 0.15) is 23.1 Å². The average molecular weight is 410 g/mol. The van der Waals surface area contributed by atoms with Crippen LogP contribution in [0.15, 0.2) is 35.3 Å². The highest BCUT2D eigenvalue weighted by Gasteiger charge is 2.24. The Morgan fingerprint density at radius 2 is 1.97 bits per heavy atom. The molecule has 2 atom stereocenters. The van der Waals surface area contributed by atoms with Crippen LogP contribution in [0.2, 0.25) is 0 Å². The number of methoxy groups -OCH3 is 1. The molecule has 9 heteroatoms. The van der Waals surface area contributed by atoms with Gasteiger partial charge in [-0.2, -0.15) is 0 Å². The summed E-state index contributed by atoms with van der Waals surface area (Å²) in [6.45, 7) is 0.913. The molecule has 0 aliphatic rings. The predicted molar refractivity (Wildman–Crippen MR) is 103 cm³/mol. The fourth-order valence-electron chi connectivity index (χ4n) is 3.10. The summed E-state index contributed by atoms with van der Waals surface area (Å²) >= 11 is 0. The molecule has 1 aromatic heterocycles. The van der Waals surface area contributed by atoms with E-state index in [4.69, 9.17) is 9.84 Å². The molecule has 0 saturated heterocycles. The lowest BCUT2D eigenvalue weighted by atomic mass is 9.94. The van der Waals surface area contributed by atoms with Crippen LogP contribution in [-0.4, -0.2) is 47.6 Å². The molecule has 1 aromatic carbocycles. The number of rotatable bonds is 10. The van der Waals surface area contributed by atoms with Crippen LogP contribution in [0.5, 0.6) is 5.75 Å². The zero-order valence-corrected chi connectivity index (χ0v) is 16.2. The van der Waals surface area contributed by atoms with E-state index < -0.39 is 35.8 Å². The van der Waals surface area contributed by atoms with E-state index in [0.29, 0.717) is 12.8 Å². The minimum atomic E-state index is -1.14. The maximum atomic E-state index is 14.5. The molecule has 0 bridgehead atoms. The van der Waals surface area contributed by atoms with E-state index in [2.05, 4.69) is 0 Å². The van der Waals surface area contributed by atoms with Crippen LogP contribution in [0.4, 0.5) is 14.5 Å². The van der Waals surface area contributed by atoms with Gasteiger partial charge in [-0.15, -0.1) is 0 Å². The second-order valence-corrected chi connectivity index (χ2v) is 6.56. The largest absolute Gasteiger partial charge is 0.497 e. The number of pyridine rings is 1. The molecule has 2 unspecified atom stereocenters. The number of halogens is 2. The van der Waals surface area contributed by atoms with Crippen molar-refractivity contribution in [1.82, 2.24) is 4.57 Å². The highest BCUT2D eigenvalue weighted by molar-refractivity contribution is 5.74. The number of hydrogen-bond acceptors (Lipinski definition) is 5. The van der Waals surface area contributed by atoms with Gasteiger partial charge in [-0.3, -0.25) is 9.59 Å². The summed E-state index contributed by atoms with van der Waals surface area (Å²) in [5.41, 5.74) is -0.759. The SMILES string of the molecule is CCC(CN(C=O)c1cccn(CC(O)CO)c1=O)c1c(F)cc(OC)cc1F. The first-order chi connectivity index (χ1) is 13.9. The second kappa shape index (κ2) is 10.1. The minimum absolute atomic E-state index is 0.000387. The first-order valence-corrected chi connectivity index (χ1v) is 9.09. The molecule has 158 valence electrons. The Kier molecular flexibility index (Phi) is 7.86. The van der Waals surface area contributed by atoms with Crippen LogP contribution in [0.25, 0.3) is 0 Å². The molecule has 2 rings (SSSR count). The van der Waals surface area contributed by atoms with Crippen molar-refractivity contribution in [2.24, 2.45) is 0 Å².